The zero-order valence-electron chi connectivity index (χ0n) is 19.0. The second-order valence-electron chi connectivity index (χ2n) is 8.89. The number of amides is 1. The molecule has 1 amide bonds. The van der Waals surface area contributed by atoms with Gasteiger partial charge in [0.2, 0.25) is 5.91 Å². The Morgan fingerprint density at radius 1 is 1.17 bits per heavy atom. The number of carbonyl (C=O) groups is 1. The van der Waals surface area contributed by atoms with Crippen molar-refractivity contribution in [1.82, 2.24) is 15.0 Å². The van der Waals surface area contributed by atoms with Crippen LogP contribution in [-0.2, 0) is 24.1 Å². The molecule has 0 radical (unpaired) electrons. The van der Waals surface area contributed by atoms with Crippen LogP contribution in [0.5, 0.6) is 0 Å². The van der Waals surface area contributed by atoms with Crippen molar-refractivity contribution in [3.63, 3.8) is 0 Å². The van der Waals surface area contributed by atoms with E-state index in [9.17, 15) is 4.79 Å². The van der Waals surface area contributed by atoms with Gasteiger partial charge >= 0.3 is 0 Å². The summed E-state index contributed by atoms with van der Waals surface area (Å²) in [7, 11) is 0. The molecule has 0 spiro atoms. The molecule has 5 rings (SSSR count). The summed E-state index contributed by atoms with van der Waals surface area (Å²) >= 11 is 6.63. The molecule has 2 aromatic carbocycles. The molecule has 1 aliphatic rings. The molecule has 0 saturated heterocycles. The smallest absolute Gasteiger partial charge is 0.220 e. The number of aromatic amines is 1. The van der Waals surface area contributed by atoms with Crippen LogP contribution in [0.15, 0.2) is 66.9 Å². The topological polar surface area (TPSA) is 108 Å². The van der Waals surface area contributed by atoms with E-state index in [4.69, 9.17) is 32.6 Å². The van der Waals surface area contributed by atoms with E-state index >= 15 is 0 Å². The Bertz CT molecular complexity index is 1410. The number of nitrogens with one attached hydrogen (secondary N) is 1. The lowest BCUT2D eigenvalue weighted by atomic mass is 9.80. The molecule has 1 aliphatic carbocycles. The van der Waals surface area contributed by atoms with E-state index in [1.807, 2.05) is 42.6 Å². The van der Waals surface area contributed by atoms with Gasteiger partial charge < -0.3 is 10.7 Å². The lowest BCUT2D eigenvalue weighted by Crippen LogP contribution is -2.29. The molecular weight excluding hydrogens is 458 g/mol. The first-order valence-corrected chi connectivity index (χ1v) is 12.0. The van der Waals surface area contributed by atoms with E-state index in [1.54, 1.807) is 12.1 Å². The highest BCUT2D eigenvalue weighted by Gasteiger charge is 2.30. The summed E-state index contributed by atoms with van der Waals surface area (Å²) < 4.78 is 0. The number of hydrogen-bond donors (Lipinski definition) is 2. The van der Waals surface area contributed by atoms with Gasteiger partial charge in [-0.2, -0.15) is 5.26 Å². The molecule has 1 unspecified atom stereocenters. The highest BCUT2D eigenvalue weighted by atomic mass is 35.5. The molecule has 174 valence electrons. The standard InChI is InChI=1S/C28H24ClN5O/c29-26-24(19-8-6-18(16-30)7-9-19)33-28(34-26)23(14-17-4-2-1-3-5-17)25-22-11-10-21(27(31)35)15-20(22)12-13-32-25/h1-9,12-13,21,23H,10-11,14-15H2,(H2,31,35)(H,33,34)/t21?,23-/m0/s1. The van der Waals surface area contributed by atoms with Crippen LogP contribution in [0.25, 0.3) is 11.3 Å². The molecule has 0 saturated carbocycles. The van der Waals surface area contributed by atoms with E-state index < -0.39 is 0 Å². The van der Waals surface area contributed by atoms with Crippen molar-refractivity contribution in [3.05, 3.63) is 106 Å². The van der Waals surface area contributed by atoms with E-state index in [0.717, 1.165) is 34.6 Å². The third-order valence-corrected chi connectivity index (χ3v) is 6.98. The predicted octanol–water partition coefficient (Wildman–Crippen LogP) is 4.96. The van der Waals surface area contributed by atoms with E-state index in [0.29, 0.717) is 35.7 Å². The zero-order valence-corrected chi connectivity index (χ0v) is 19.8. The summed E-state index contributed by atoms with van der Waals surface area (Å²) in [5.74, 6) is 0.185. The molecule has 3 N–H and O–H groups in total. The van der Waals surface area contributed by atoms with Crippen molar-refractivity contribution in [2.75, 3.05) is 0 Å². The predicted molar refractivity (Wildman–Crippen MR) is 135 cm³/mol. The first kappa shape index (κ1) is 22.8. The SMILES string of the molecule is N#Cc1ccc(-c2nc([C@@H](Cc3ccccc3)c3nccc4c3CCC(C(N)=O)C4)[nH]c2Cl)cc1. The van der Waals surface area contributed by atoms with E-state index in [-0.39, 0.29) is 17.7 Å². The van der Waals surface area contributed by atoms with Crippen molar-refractivity contribution in [1.29, 1.82) is 5.26 Å². The molecule has 4 aromatic rings. The molecule has 0 fully saturated rings. The third kappa shape index (κ3) is 4.68. The normalized spacial score (nSPS) is 15.7. The van der Waals surface area contributed by atoms with Gasteiger partial charge in [0, 0.05) is 17.7 Å². The Morgan fingerprint density at radius 2 is 1.94 bits per heavy atom. The number of carbonyl (C=O) groups excluding carboxylic acids is 1. The Labute approximate surface area is 208 Å². The summed E-state index contributed by atoms with van der Waals surface area (Å²) in [4.78, 5) is 24.8. The molecule has 0 aliphatic heterocycles. The van der Waals surface area contributed by atoms with Crippen LogP contribution in [-0.4, -0.2) is 20.9 Å². The number of primary amides is 1. The number of pyridine rings is 1. The lowest BCUT2D eigenvalue weighted by molar-refractivity contribution is -0.122. The number of fused-ring (bicyclic) bond motifs is 1. The van der Waals surface area contributed by atoms with E-state index in [2.05, 4.69) is 23.2 Å². The van der Waals surface area contributed by atoms with Gasteiger partial charge in [-0.1, -0.05) is 54.1 Å². The number of nitrogens with zero attached hydrogens (tertiary/aromatic N) is 3. The van der Waals surface area contributed by atoms with Gasteiger partial charge in [0.05, 0.1) is 23.2 Å². The van der Waals surface area contributed by atoms with Crippen LogP contribution in [0.2, 0.25) is 5.15 Å². The van der Waals surface area contributed by atoms with Gasteiger partial charge in [-0.25, -0.2) is 4.98 Å². The highest BCUT2D eigenvalue weighted by Crippen LogP contribution is 2.36. The number of nitriles is 1. The Kier molecular flexibility index (Phi) is 6.35. The summed E-state index contributed by atoms with van der Waals surface area (Å²) in [5, 5.41) is 9.56. The fraction of sp³-hybridized carbons (Fsp3) is 0.214. The largest absolute Gasteiger partial charge is 0.369 e. The number of H-pyrrole nitrogens is 1. The first-order chi connectivity index (χ1) is 17.0. The molecule has 2 heterocycles. The van der Waals surface area contributed by atoms with Crippen molar-refractivity contribution < 1.29 is 4.79 Å². The van der Waals surface area contributed by atoms with Crippen molar-refractivity contribution in [3.8, 4) is 17.3 Å². The van der Waals surface area contributed by atoms with Crippen molar-refractivity contribution in [2.45, 2.75) is 31.6 Å². The number of hydrogen-bond acceptors (Lipinski definition) is 4. The summed E-state index contributed by atoms with van der Waals surface area (Å²) in [5.41, 5.74) is 12.1. The maximum atomic E-state index is 11.8. The number of nitrogens with two attached hydrogens (primary N) is 1. The minimum Gasteiger partial charge on any atom is -0.369 e. The molecule has 2 atom stereocenters. The number of imidazole rings is 1. The Balaban J connectivity index is 1.58. The van der Waals surface area contributed by atoms with Crippen LogP contribution in [0.4, 0.5) is 0 Å². The van der Waals surface area contributed by atoms with E-state index in [1.165, 1.54) is 5.56 Å². The monoisotopic (exact) mass is 481 g/mol. The van der Waals surface area contributed by atoms with Crippen molar-refractivity contribution in [2.24, 2.45) is 11.7 Å². The fourth-order valence-corrected chi connectivity index (χ4v) is 5.11. The van der Waals surface area contributed by atoms with Gasteiger partial charge in [-0.05, 0) is 60.6 Å². The van der Waals surface area contributed by atoms with Crippen molar-refractivity contribution >= 4 is 17.5 Å². The van der Waals surface area contributed by atoms with Gasteiger partial charge in [-0.3, -0.25) is 9.78 Å². The highest BCUT2D eigenvalue weighted by molar-refractivity contribution is 6.31. The van der Waals surface area contributed by atoms with Gasteiger partial charge in [-0.15, -0.1) is 0 Å². The number of rotatable bonds is 6. The number of aromatic nitrogens is 3. The lowest BCUT2D eigenvalue weighted by Gasteiger charge is -2.26. The molecule has 0 bridgehead atoms. The summed E-state index contributed by atoms with van der Waals surface area (Å²) in [6.07, 6.45) is 4.60. The van der Waals surface area contributed by atoms with Crippen LogP contribution < -0.4 is 5.73 Å². The average molecular weight is 482 g/mol. The van der Waals surface area contributed by atoms with Crippen LogP contribution in [0, 0.1) is 17.2 Å². The molecule has 2 aromatic heterocycles. The maximum absolute atomic E-state index is 11.8. The number of benzene rings is 2. The molecule has 7 heteroatoms. The number of halogens is 1. The Hall–Kier alpha value is -3.95. The van der Waals surface area contributed by atoms with Crippen LogP contribution in [0.1, 0.15) is 46.1 Å². The summed E-state index contributed by atoms with van der Waals surface area (Å²) in [6.45, 7) is 0. The zero-order chi connectivity index (χ0) is 24.4. The summed E-state index contributed by atoms with van der Waals surface area (Å²) in [6, 6.07) is 21.6. The molecular formula is C28H24ClN5O. The Morgan fingerprint density at radius 3 is 2.66 bits per heavy atom. The van der Waals surface area contributed by atoms with Gasteiger partial charge in [0.1, 0.15) is 16.7 Å². The minimum atomic E-state index is -0.250. The average Bonchev–Trinajstić information content (AvgIpc) is 3.28. The molecule has 6 nitrogen and oxygen atoms in total. The van der Waals surface area contributed by atoms with Gasteiger partial charge in [0.15, 0.2) is 0 Å². The third-order valence-electron chi connectivity index (χ3n) is 6.71. The second-order valence-corrected chi connectivity index (χ2v) is 9.27. The quantitative estimate of drug-likeness (QED) is 0.405. The second kappa shape index (κ2) is 9.73. The maximum Gasteiger partial charge on any atom is 0.220 e. The van der Waals surface area contributed by atoms with Gasteiger partial charge in [0.25, 0.3) is 0 Å². The van der Waals surface area contributed by atoms with Crippen LogP contribution in [0.3, 0.4) is 0 Å². The minimum absolute atomic E-state index is 0.147. The molecule has 35 heavy (non-hydrogen) atoms. The first-order valence-electron chi connectivity index (χ1n) is 11.6. The van der Waals surface area contributed by atoms with Crippen LogP contribution >= 0.6 is 11.6 Å². The fourth-order valence-electron chi connectivity index (χ4n) is 4.86.